The van der Waals surface area contributed by atoms with E-state index in [-0.39, 0.29) is 5.69 Å². The Labute approximate surface area is 111 Å². The number of aromatic nitrogens is 2. The van der Waals surface area contributed by atoms with Crippen LogP contribution in [0, 0.1) is 13.8 Å². The van der Waals surface area contributed by atoms with E-state index < -0.39 is 5.97 Å². The fraction of sp³-hybridized carbons (Fsp3) is 0.333. The minimum absolute atomic E-state index is 0.125. The van der Waals surface area contributed by atoms with Crippen molar-refractivity contribution in [2.45, 2.75) is 32.6 Å². The third-order valence-electron chi connectivity index (χ3n) is 3.69. The van der Waals surface area contributed by atoms with Crippen molar-refractivity contribution in [1.29, 1.82) is 0 Å². The van der Waals surface area contributed by atoms with E-state index in [2.05, 4.69) is 25.0 Å². The molecule has 98 valence electrons. The number of carboxylic acids is 1. The van der Waals surface area contributed by atoms with Gasteiger partial charge in [-0.3, -0.25) is 0 Å². The molecule has 0 spiro atoms. The van der Waals surface area contributed by atoms with Crippen molar-refractivity contribution in [1.82, 2.24) is 9.78 Å². The van der Waals surface area contributed by atoms with Gasteiger partial charge in [-0.2, -0.15) is 5.10 Å². The van der Waals surface area contributed by atoms with Crippen LogP contribution in [0.3, 0.4) is 0 Å². The molecule has 19 heavy (non-hydrogen) atoms. The van der Waals surface area contributed by atoms with Crippen molar-refractivity contribution < 1.29 is 9.90 Å². The minimum atomic E-state index is -0.968. The standard InChI is InChI=1S/C15H16N2O2/c1-9-3-6-12(7-10(9)2)17-14(11-4-5-11)8-13(16-17)15(18)19/h3,6-8,11H,4-5H2,1-2H3,(H,18,19). The first-order valence-electron chi connectivity index (χ1n) is 6.47. The first-order valence-corrected chi connectivity index (χ1v) is 6.47. The average Bonchev–Trinajstić information content (AvgIpc) is 3.11. The highest BCUT2D eigenvalue weighted by atomic mass is 16.4. The highest BCUT2D eigenvalue weighted by Gasteiger charge is 2.29. The van der Waals surface area contributed by atoms with Crippen molar-refractivity contribution in [2.75, 3.05) is 0 Å². The van der Waals surface area contributed by atoms with Crippen LogP contribution in [0.25, 0.3) is 5.69 Å². The molecule has 4 nitrogen and oxygen atoms in total. The van der Waals surface area contributed by atoms with E-state index in [9.17, 15) is 4.79 Å². The van der Waals surface area contributed by atoms with Gasteiger partial charge in [-0.15, -0.1) is 0 Å². The van der Waals surface area contributed by atoms with Crippen molar-refractivity contribution >= 4 is 5.97 Å². The fourth-order valence-corrected chi connectivity index (χ4v) is 2.23. The molecule has 1 saturated carbocycles. The maximum absolute atomic E-state index is 11.1. The van der Waals surface area contributed by atoms with Gasteiger partial charge in [-0.05, 0) is 56.0 Å². The van der Waals surface area contributed by atoms with Crippen LogP contribution in [-0.4, -0.2) is 20.9 Å². The highest BCUT2D eigenvalue weighted by molar-refractivity contribution is 5.85. The molecule has 1 aromatic heterocycles. The number of aryl methyl sites for hydroxylation is 2. The molecule has 1 aromatic carbocycles. The third-order valence-corrected chi connectivity index (χ3v) is 3.69. The van der Waals surface area contributed by atoms with Gasteiger partial charge in [0.1, 0.15) is 0 Å². The number of benzene rings is 1. The number of rotatable bonds is 3. The van der Waals surface area contributed by atoms with Crippen LogP contribution >= 0.6 is 0 Å². The van der Waals surface area contributed by atoms with Crippen LogP contribution in [0.5, 0.6) is 0 Å². The van der Waals surface area contributed by atoms with Crippen molar-refractivity contribution in [2.24, 2.45) is 0 Å². The summed E-state index contributed by atoms with van der Waals surface area (Å²) in [6, 6.07) is 7.80. The van der Waals surface area contributed by atoms with Crippen molar-refractivity contribution in [3.8, 4) is 5.69 Å². The number of nitrogens with zero attached hydrogens (tertiary/aromatic N) is 2. The predicted molar refractivity (Wildman–Crippen MR) is 72.0 cm³/mol. The summed E-state index contributed by atoms with van der Waals surface area (Å²) < 4.78 is 1.79. The summed E-state index contributed by atoms with van der Waals surface area (Å²) in [5.41, 5.74) is 4.49. The third kappa shape index (κ3) is 2.14. The van der Waals surface area contributed by atoms with E-state index in [1.807, 2.05) is 12.1 Å². The Bertz CT molecular complexity index is 654. The molecule has 1 fully saturated rings. The number of hydrogen-bond donors (Lipinski definition) is 1. The summed E-state index contributed by atoms with van der Waals surface area (Å²) in [6.07, 6.45) is 2.24. The molecule has 0 aliphatic heterocycles. The maximum Gasteiger partial charge on any atom is 0.356 e. The van der Waals surface area contributed by atoms with Gasteiger partial charge in [0.15, 0.2) is 5.69 Å². The molecule has 0 bridgehead atoms. The molecule has 0 unspecified atom stereocenters. The first-order chi connectivity index (χ1) is 9.06. The zero-order valence-corrected chi connectivity index (χ0v) is 11.1. The average molecular weight is 256 g/mol. The van der Waals surface area contributed by atoms with E-state index in [1.54, 1.807) is 10.7 Å². The molecule has 1 N–H and O–H groups in total. The Hall–Kier alpha value is -2.10. The second-order valence-corrected chi connectivity index (χ2v) is 5.21. The van der Waals surface area contributed by atoms with Gasteiger partial charge in [0.2, 0.25) is 0 Å². The molecule has 0 atom stereocenters. The SMILES string of the molecule is Cc1ccc(-n2nc(C(=O)O)cc2C2CC2)cc1C. The number of carboxylic acid groups (broad SMARTS) is 1. The predicted octanol–water partition coefficient (Wildman–Crippen LogP) is 3.06. The Morgan fingerprint density at radius 2 is 2.00 bits per heavy atom. The number of aromatic carboxylic acids is 1. The van der Waals surface area contributed by atoms with Crippen LogP contribution in [-0.2, 0) is 0 Å². The van der Waals surface area contributed by atoms with Crippen LogP contribution < -0.4 is 0 Å². The number of carbonyl (C=O) groups is 1. The highest BCUT2D eigenvalue weighted by Crippen LogP contribution is 2.41. The Morgan fingerprint density at radius 1 is 1.26 bits per heavy atom. The number of hydrogen-bond acceptors (Lipinski definition) is 2. The molecule has 0 radical (unpaired) electrons. The molecule has 3 rings (SSSR count). The minimum Gasteiger partial charge on any atom is -0.476 e. The topological polar surface area (TPSA) is 55.1 Å². The second-order valence-electron chi connectivity index (χ2n) is 5.21. The van der Waals surface area contributed by atoms with Crippen LogP contribution in [0.15, 0.2) is 24.3 Å². The van der Waals surface area contributed by atoms with Gasteiger partial charge in [0.25, 0.3) is 0 Å². The van der Waals surface area contributed by atoms with Crippen LogP contribution in [0.4, 0.5) is 0 Å². The zero-order valence-electron chi connectivity index (χ0n) is 11.1. The quantitative estimate of drug-likeness (QED) is 0.918. The Morgan fingerprint density at radius 3 is 2.58 bits per heavy atom. The van der Waals surface area contributed by atoms with Gasteiger partial charge >= 0.3 is 5.97 Å². The lowest BCUT2D eigenvalue weighted by atomic mass is 10.1. The van der Waals surface area contributed by atoms with Gasteiger partial charge in [0.05, 0.1) is 5.69 Å². The van der Waals surface area contributed by atoms with Gasteiger partial charge in [-0.25, -0.2) is 9.48 Å². The summed E-state index contributed by atoms with van der Waals surface area (Å²) >= 11 is 0. The lowest BCUT2D eigenvalue weighted by Crippen LogP contribution is -2.04. The van der Waals surface area contributed by atoms with E-state index in [0.29, 0.717) is 5.92 Å². The van der Waals surface area contributed by atoms with E-state index in [0.717, 1.165) is 24.2 Å². The second kappa shape index (κ2) is 4.23. The molecule has 1 heterocycles. The zero-order chi connectivity index (χ0) is 13.6. The molecule has 1 aliphatic carbocycles. The van der Waals surface area contributed by atoms with Crippen LogP contribution in [0.1, 0.15) is 46.1 Å². The first kappa shape index (κ1) is 12.0. The van der Waals surface area contributed by atoms with Gasteiger partial charge in [-0.1, -0.05) is 6.07 Å². The Kier molecular flexibility index (Phi) is 2.66. The maximum atomic E-state index is 11.1. The summed E-state index contributed by atoms with van der Waals surface area (Å²) in [4.78, 5) is 11.1. The molecule has 0 saturated heterocycles. The largest absolute Gasteiger partial charge is 0.476 e. The molecule has 1 aliphatic rings. The van der Waals surface area contributed by atoms with E-state index >= 15 is 0 Å². The van der Waals surface area contributed by atoms with Crippen molar-refractivity contribution in [3.05, 3.63) is 46.8 Å². The van der Waals surface area contributed by atoms with E-state index in [4.69, 9.17) is 5.11 Å². The van der Waals surface area contributed by atoms with Crippen LogP contribution in [0.2, 0.25) is 0 Å². The summed E-state index contributed by atoms with van der Waals surface area (Å²) in [6.45, 7) is 4.11. The lowest BCUT2D eigenvalue weighted by Gasteiger charge is -2.08. The molecular formula is C15H16N2O2. The van der Waals surface area contributed by atoms with Crippen molar-refractivity contribution in [3.63, 3.8) is 0 Å². The fourth-order valence-electron chi connectivity index (χ4n) is 2.23. The lowest BCUT2D eigenvalue weighted by molar-refractivity contribution is 0.0690. The smallest absolute Gasteiger partial charge is 0.356 e. The summed E-state index contributed by atoms with van der Waals surface area (Å²) in [5.74, 6) is -0.508. The Balaban J connectivity index is 2.12. The van der Waals surface area contributed by atoms with Gasteiger partial charge < -0.3 is 5.11 Å². The normalized spacial score (nSPS) is 14.6. The molecular weight excluding hydrogens is 240 g/mol. The molecule has 4 heteroatoms. The van der Waals surface area contributed by atoms with Gasteiger partial charge in [0, 0.05) is 11.6 Å². The van der Waals surface area contributed by atoms with E-state index in [1.165, 1.54) is 11.1 Å². The molecule has 2 aromatic rings. The molecule has 0 amide bonds. The summed E-state index contributed by atoms with van der Waals surface area (Å²) in [7, 11) is 0. The monoisotopic (exact) mass is 256 g/mol. The summed E-state index contributed by atoms with van der Waals surface area (Å²) in [5, 5.41) is 13.3.